The summed E-state index contributed by atoms with van der Waals surface area (Å²) < 4.78 is 5.37. The first-order chi connectivity index (χ1) is 12.5. The number of amides is 1. The molecule has 1 aliphatic rings. The van der Waals surface area contributed by atoms with Gasteiger partial charge in [-0.05, 0) is 25.0 Å². The van der Waals surface area contributed by atoms with Crippen molar-refractivity contribution in [3.05, 3.63) is 69.8 Å². The Labute approximate surface area is 149 Å². The Bertz CT molecular complexity index is 849. The first-order valence-corrected chi connectivity index (χ1v) is 8.06. The number of nitrogens with zero attached hydrogens (tertiary/aromatic N) is 1. The summed E-state index contributed by atoms with van der Waals surface area (Å²) in [6, 6.07) is 12.3. The number of nitrogen functional groups attached to an aromatic ring is 1. The van der Waals surface area contributed by atoms with Crippen molar-refractivity contribution in [1.29, 1.82) is 0 Å². The monoisotopic (exact) mass is 355 g/mol. The van der Waals surface area contributed by atoms with Crippen molar-refractivity contribution in [1.82, 2.24) is 5.32 Å². The van der Waals surface area contributed by atoms with Gasteiger partial charge in [0.25, 0.3) is 11.6 Å². The minimum Gasteiger partial charge on any atom is -0.444 e. The van der Waals surface area contributed by atoms with Crippen molar-refractivity contribution in [2.45, 2.75) is 25.0 Å². The maximum Gasteiger partial charge on any atom is 0.339 e. The molecule has 0 bridgehead atoms. The van der Waals surface area contributed by atoms with Gasteiger partial charge in [-0.1, -0.05) is 30.3 Å². The second-order valence-corrected chi connectivity index (χ2v) is 6.01. The van der Waals surface area contributed by atoms with Crippen LogP contribution in [-0.4, -0.2) is 22.8 Å². The van der Waals surface area contributed by atoms with Crippen LogP contribution in [0.3, 0.4) is 0 Å². The van der Waals surface area contributed by atoms with E-state index in [9.17, 15) is 19.7 Å². The largest absolute Gasteiger partial charge is 0.444 e. The molecule has 3 N–H and O–H groups in total. The number of carbonyl (C=O) groups excluding carboxylic acids is 2. The molecule has 8 heteroatoms. The number of nitrogens with one attached hydrogen (secondary N) is 1. The van der Waals surface area contributed by atoms with Crippen LogP contribution in [0.2, 0.25) is 0 Å². The molecule has 8 nitrogen and oxygen atoms in total. The van der Waals surface area contributed by atoms with Crippen molar-refractivity contribution in [2.75, 3.05) is 5.73 Å². The lowest BCUT2D eigenvalue weighted by atomic mass is 10.1. The average Bonchev–Trinajstić information content (AvgIpc) is 3.44. The molecule has 3 rings (SSSR count). The quantitative estimate of drug-likeness (QED) is 0.355. The van der Waals surface area contributed by atoms with Crippen LogP contribution in [-0.2, 0) is 9.53 Å². The summed E-state index contributed by atoms with van der Waals surface area (Å²) in [5.74, 6) is -1.26. The van der Waals surface area contributed by atoms with Crippen LogP contribution in [0, 0.1) is 10.1 Å². The molecule has 134 valence electrons. The fourth-order valence-electron chi connectivity index (χ4n) is 2.41. The normalized spacial score (nSPS) is 14.3. The molecular weight excluding hydrogens is 338 g/mol. The number of nitro groups is 1. The molecule has 26 heavy (non-hydrogen) atoms. The third-order valence-electron chi connectivity index (χ3n) is 3.95. The smallest absolute Gasteiger partial charge is 0.339 e. The van der Waals surface area contributed by atoms with Crippen molar-refractivity contribution in [3.8, 4) is 0 Å². The van der Waals surface area contributed by atoms with Gasteiger partial charge in [0, 0.05) is 17.7 Å². The fourth-order valence-corrected chi connectivity index (χ4v) is 2.41. The predicted octanol–water partition coefficient (Wildman–Crippen LogP) is 2.35. The number of nitro benzene ring substituents is 1. The van der Waals surface area contributed by atoms with E-state index in [0.717, 1.165) is 18.9 Å². The molecule has 0 heterocycles. The van der Waals surface area contributed by atoms with E-state index in [4.69, 9.17) is 10.5 Å². The van der Waals surface area contributed by atoms with Crippen molar-refractivity contribution >= 4 is 23.3 Å². The molecule has 1 fully saturated rings. The van der Waals surface area contributed by atoms with Crippen LogP contribution in [0.1, 0.15) is 34.9 Å². The van der Waals surface area contributed by atoms with E-state index in [2.05, 4.69) is 5.32 Å². The molecule has 0 spiro atoms. The van der Waals surface area contributed by atoms with E-state index in [-0.39, 0.29) is 17.3 Å². The third-order valence-corrected chi connectivity index (χ3v) is 3.95. The molecule has 0 radical (unpaired) electrons. The lowest BCUT2D eigenvalue weighted by Crippen LogP contribution is -2.33. The summed E-state index contributed by atoms with van der Waals surface area (Å²) >= 11 is 0. The third kappa shape index (κ3) is 3.97. The Morgan fingerprint density at radius 3 is 2.50 bits per heavy atom. The summed E-state index contributed by atoms with van der Waals surface area (Å²) in [6.07, 6.45) is 0.650. The molecule has 1 aliphatic carbocycles. The Morgan fingerprint density at radius 1 is 1.19 bits per heavy atom. The summed E-state index contributed by atoms with van der Waals surface area (Å²) in [5, 5.41) is 13.8. The Balaban J connectivity index is 1.84. The molecule has 1 unspecified atom stereocenters. The highest BCUT2D eigenvalue weighted by Crippen LogP contribution is 2.26. The molecule has 1 saturated carbocycles. The van der Waals surface area contributed by atoms with Gasteiger partial charge in [-0.15, -0.1) is 0 Å². The molecule has 0 aromatic heterocycles. The van der Waals surface area contributed by atoms with E-state index >= 15 is 0 Å². The van der Waals surface area contributed by atoms with Gasteiger partial charge in [0.05, 0.1) is 10.5 Å². The van der Waals surface area contributed by atoms with Gasteiger partial charge in [0.15, 0.2) is 0 Å². The maximum absolute atomic E-state index is 12.5. The van der Waals surface area contributed by atoms with Gasteiger partial charge in [-0.3, -0.25) is 14.9 Å². The van der Waals surface area contributed by atoms with Crippen LogP contribution in [0.25, 0.3) is 0 Å². The number of ether oxygens (including phenoxy) is 1. The van der Waals surface area contributed by atoms with Gasteiger partial charge in [0.2, 0.25) is 6.10 Å². The predicted molar refractivity (Wildman–Crippen MR) is 93.3 cm³/mol. The lowest BCUT2D eigenvalue weighted by molar-refractivity contribution is -0.383. The van der Waals surface area contributed by atoms with E-state index in [0.29, 0.717) is 5.56 Å². The minimum atomic E-state index is -1.14. The van der Waals surface area contributed by atoms with Gasteiger partial charge in [-0.2, -0.15) is 0 Å². The number of carbonyl (C=O) groups is 2. The molecule has 1 atom stereocenters. The van der Waals surface area contributed by atoms with Gasteiger partial charge < -0.3 is 15.8 Å². The van der Waals surface area contributed by atoms with Crippen LogP contribution < -0.4 is 11.1 Å². The topological polar surface area (TPSA) is 125 Å². The number of hydrogen-bond acceptors (Lipinski definition) is 6. The van der Waals surface area contributed by atoms with Crippen LogP contribution in [0.15, 0.2) is 48.5 Å². The molecule has 0 aliphatic heterocycles. The fraction of sp³-hybridized carbons (Fsp3) is 0.222. The molecule has 2 aromatic carbocycles. The average molecular weight is 355 g/mol. The summed E-state index contributed by atoms with van der Waals surface area (Å²) in [7, 11) is 0. The van der Waals surface area contributed by atoms with E-state index in [1.54, 1.807) is 30.3 Å². The number of anilines is 1. The first kappa shape index (κ1) is 17.4. The van der Waals surface area contributed by atoms with E-state index in [1.165, 1.54) is 12.1 Å². The number of benzene rings is 2. The minimum absolute atomic E-state index is 0.0500. The van der Waals surface area contributed by atoms with Crippen molar-refractivity contribution in [3.63, 3.8) is 0 Å². The molecular formula is C18H17N3O5. The van der Waals surface area contributed by atoms with Gasteiger partial charge in [-0.25, -0.2) is 4.79 Å². The van der Waals surface area contributed by atoms with Crippen LogP contribution >= 0.6 is 0 Å². The van der Waals surface area contributed by atoms with Gasteiger partial charge >= 0.3 is 5.97 Å². The highest BCUT2D eigenvalue weighted by molar-refractivity contribution is 5.94. The van der Waals surface area contributed by atoms with Crippen LogP contribution in [0.5, 0.6) is 0 Å². The Hall–Kier alpha value is -3.42. The number of nitrogens with two attached hydrogens (primary N) is 1. The first-order valence-electron chi connectivity index (χ1n) is 8.06. The summed E-state index contributed by atoms with van der Waals surface area (Å²) in [4.78, 5) is 35.2. The van der Waals surface area contributed by atoms with E-state index < -0.39 is 28.6 Å². The zero-order valence-corrected chi connectivity index (χ0v) is 13.8. The summed E-state index contributed by atoms with van der Waals surface area (Å²) in [5.41, 5.74) is 5.55. The second kappa shape index (κ2) is 7.22. The van der Waals surface area contributed by atoms with Crippen molar-refractivity contribution < 1.29 is 19.2 Å². The maximum atomic E-state index is 12.5. The molecule has 0 saturated heterocycles. The zero-order chi connectivity index (χ0) is 18.7. The van der Waals surface area contributed by atoms with Crippen LogP contribution in [0.4, 0.5) is 11.4 Å². The number of hydrogen-bond donors (Lipinski definition) is 2. The second-order valence-electron chi connectivity index (χ2n) is 6.01. The van der Waals surface area contributed by atoms with E-state index in [1.807, 2.05) is 0 Å². The van der Waals surface area contributed by atoms with Crippen molar-refractivity contribution in [2.24, 2.45) is 0 Å². The highest BCUT2D eigenvalue weighted by Gasteiger charge is 2.31. The highest BCUT2D eigenvalue weighted by atomic mass is 16.6. The Kier molecular flexibility index (Phi) is 4.83. The standard InChI is InChI=1S/C18H17N3O5/c19-14-9-6-12(10-15(14)21(24)25)18(23)26-16(11-4-2-1-3-5-11)17(22)20-13-7-8-13/h1-6,9-10,13,16H,7-8,19H2,(H,20,22). The Morgan fingerprint density at radius 2 is 1.88 bits per heavy atom. The summed E-state index contributed by atoms with van der Waals surface area (Å²) in [6.45, 7) is 0. The number of esters is 1. The molecule has 1 amide bonds. The zero-order valence-electron chi connectivity index (χ0n) is 13.8. The lowest BCUT2D eigenvalue weighted by Gasteiger charge is -2.18. The van der Waals surface area contributed by atoms with Gasteiger partial charge in [0.1, 0.15) is 5.69 Å². The molecule has 2 aromatic rings. The number of rotatable bonds is 6. The SMILES string of the molecule is Nc1ccc(C(=O)OC(C(=O)NC2CC2)c2ccccc2)cc1[N+](=O)[O-].